The lowest BCUT2D eigenvalue weighted by molar-refractivity contribution is -0.138. The Balaban J connectivity index is 2.75. The number of carboxylic acid groups (broad SMARTS) is 1. The Labute approximate surface area is 130 Å². The number of carbonyl (C=O) groups excluding carboxylic acids is 1. The summed E-state index contributed by atoms with van der Waals surface area (Å²) < 4.78 is 0. The van der Waals surface area contributed by atoms with Crippen LogP contribution >= 0.6 is 11.6 Å². The molecule has 1 rings (SSSR count). The summed E-state index contributed by atoms with van der Waals surface area (Å²) in [6.07, 6.45) is -0.0699. The molecule has 21 heavy (non-hydrogen) atoms. The molecule has 0 spiro atoms. The van der Waals surface area contributed by atoms with Gasteiger partial charge in [-0.2, -0.15) is 0 Å². The molecule has 0 radical (unpaired) electrons. The standard InChI is InChI=1S/C15H21ClN2O3/c1-4-18(11(2)9-14(19)20)15(21)17(3)10-12-7-5-6-8-13(12)16/h5-8,11H,4,9-10H2,1-3H3,(H,19,20). The molecule has 0 saturated carbocycles. The maximum absolute atomic E-state index is 12.4. The van der Waals surface area contributed by atoms with Crippen molar-refractivity contribution in [2.24, 2.45) is 0 Å². The van der Waals surface area contributed by atoms with Crippen LogP contribution in [0.4, 0.5) is 4.79 Å². The van der Waals surface area contributed by atoms with Gasteiger partial charge in [0.05, 0.1) is 6.42 Å². The third-order valence-corrected chi connectivity index (χ3v) is 3.65. The van der Waals surface area contributed by atoms with E-state index in [-0.39, 0.29) is 18.5 Å². The second kappa shape index (κ2) is 7.88. The van der Waals surface area contributed by atoms with Crippen molar-refractivity contribution in [3.05, 3.63) is 34.9 Å². The first kappa shape index (κ1) is 17.3. The number of hydrogen-bond acceptors (Lipinski definition) is 2. The Morgan fingerprint density at radius 2 is 1.95 bits per heavy atom. The van der Waals surface area contributed by atoms with Crippen molar-refractivity contribution in [3.8, 4) is 0 Å². The molecule has 1 atom stereocenters. The molecular formula is C15H21ClN2O3. The number of carbonyl (C=O) groups is 2. The van der Waals surface area contributed by atoms with Gasteiger partial charge in [-0.1, -0.05) is 29.8 Å². The summed E-state index contributed by atoms with van der Waals surface area (Å²) in [5.41, 5.74) is 0.858. The number of rotatable bonds is 6. The lowest BCUT2D eigenvalue weighted by Crippen LogP contribution is -2.46. The van der Waals surface area contributed by atoms with Gasteiger partial charge in [0, 0.05) is 31.2 Å². The van der Waals surface area contributed by atoms with Gasteiger partial charge in [-0.3, -0.25) is 4.79 Å². The van der Waals surface area contributed by atoms with Crippen LogP contribution in [-0.4, -0.2) is 46.5 Å². The third kappa shape index (κ3) is 4.93. The van der Waals surface area contributed by atoms with Crippen molar-refractivity contribution in [1.29, 1.82) is 0 Å². The van der Waals surface area contributed by atoms with Crippen LogP contribution in [-0.2, 0) is 11.3 Å². The molecular weight excluding hydrogens is 292 g/mol. The summed E-state index contributed by atoms with van der Waals surface area (Å²) in [6.45, 7) is 4.41. The van der Waals surface area contributed by atoms with Gasteiger partial charge >= 0.3 is 12.0 Å². The quantitative estimate of drug-likeness (QED) is 0.878. The first-order chi connectivity index (χ1) is 9.86. The van der Waals surface area contributed by atoms with Gasteiger partial charge in [-0.15, -0.1) is 0 Å². The zero-order valence-electron chi connectivity index (χ0n) is 12.5. The maximum Gasteiger partial charge on any atom is 0.320 e. The van der Waals surface area contributed by atoms with Gasteiger partial charge in [0.25, 0.3) is 0 Å². The molecule has 0 aliphatic carbocycles. The number of aliphatic carboxylic acids is 1. The van der Waals surface area contributed by atoms with Crippen molar-refractivity contribution >= 4 is 23.6 Å². The topological polar surface area (TPSA) is 60.9 Å². The highest BCUT2D eigenvalue weighted by Gasteiger charge is 2.23. The van der Waals surface area contributed by atoms with Gasteiger partial charge in [0.1, 0.15) is 0 Å². The second-order valence-corrected chi connectivity index (χ2v) is 5.37. The van der Waals surface area contributed by atoms with Crippen molar-refractivity contribution in [2.75, 3.05) is 13.6 Å². The third-order valence-electron chi connectivity index (χ3n) is 3.28. The highest BCUT2D eigenvalue weighted by Crippen LogP contribution is 2.17. The lowest BCUT2D eigenvalue weighted by atomic mass is 10.2. The fraction of sp³-hybridized carbons (Fsp3) is 0.467. The summed E-state index contributed by atoms with van der Waals surface area (Å²) in [5.74, 6) is -0.914. The van der Waals surface area contributed by atoms with Gasteiger partial charge in [0.2, 0.25) is 0 Å². The van der Waals surface area contributed by atoms with Crippen molar-refractivity contribution in [3.63, 3.8) is 0 Å². The lowest BCUT2D eigenvalue weighted by Gasteiger charge is -2.31. The normalized spacial score (nSPS) is 11.8. The van der Waals surface area contributed by atoms with Crippen LogP contribution in [0.15, 0.2) is 24.3 Å². The number of halogens is 1. The summed E-state index contributed by atoms with van der Waals surface area (Å²) in [7, 11) is 1.68. The van der Waals surface area contributed by atoms with Gasteiger partial charge in [0.15, 0.2) is 0 Å². The van der Waals surface area contributed by atoms with Crippen molar-refractivity contribution in [1.82, 2.24) is 9.80 Å². The fourth-order valence-electron chi connectivity index (χ4n) is 2.17. The van der Waals surface area contributed by atoms with Crippen LogP contribution < -0.4 is 0 Å². The van der Waals surface area contributed by atoms with Crippen LogP contribution in [0, 0.1) is 0 Å². The predicted molar refractivity (Wildman–Crippen MR) is 82.4 cm³/mol. The van der Waals surface area contributed by atoms with Gasteiger partial charge in [-0.25, -0.2) is 4.79 Å². The molecule has 2 amide bonds. The van der Waals surface area contributed by atoms with Crippen LogP contribution in [0.1, 0.15) is 25.8 Å². The van der Waals surface area contributed by atoms with Crippen LogP contribution in [0.2, 0.25) is 5.02 Å². The van der Waals surface area contributed by atoms with Crippen molar-refractivity contribution in [2.45, 2.75) is 32.9 Å². The molecule has 1 unspecified atom stereocenters. The molecule has 6 heteroatoms. The molecule has 0 aliphatic rings. The van der Waals surface area contributed by atoms with Crippen LogP contribution in [0.3, 0.4) is 0 Å². The Kier molecular flexibility index (Phi) is 6.49. The number of carboxylic acids is 1. The Hall–Kier alpha value is -1.75. The molecule has 0 bridgehead atoms. The SMILES string of the molecule is CCN(C(=O)N(C)Cc1ccccc1Cl)C(C)CC(=O)O. The first-order valence-electron chi connectivity index (χ1n) is 6.83. The molecule has 1 aromatic carbocycles. The molecule has 1 N–H and O–H groups in total. The highest BCUT2D eigenvalue weighted by atomic mass is 35.5. The molecule has 0 saturated heterocycles. The molecule has 1 aromatic rings. The van der Waals surface area contributed by atoms with E-state index < -0.39 is 5.97 Å². The number of urea groups is 1. The minimum atomic E-state index is -0.914. The summed E-state index contributed by atoms with van der Waals surface area (Å²) in [4.78, 5) is 26.3. The van der Waals surface area contributed by atoms with E-state index in [0.29, 0.717) is 18.1 Å². The van der Waals surface area contributed by atoms with E-state index in [1.807, 2.05) is 25.1 Å². The Morgan fingerprint density at radius 3 is 2.48 bits per heavy atom. The Morgan fingerprint density at radius 1 is 1.33 bits per heavy atom. The van der Waals surface area contributed by atoms with E-state index in [0.717, 1.165) is 5.56 Å². The summed E-state index contributed by atoms with van der Waals surface area (Å²) >= 11 is 6.09. The zero-order valence-corrected chi connectivity index (χ0v) is 13.3. The minimum absolute atomic E-state index is 0.0699. The average molecular weight is 313 g/mol. The molecule has 0 fully saturated rings. The molecule has 5 nitrogen and oxygen atoms in total. The van der Waals surface area contributed by atoms with Crippen LogP contribution in [0.25, 0.3) is 0 Å². The number of benzene rings is 1. The predicted octanol–water partition coefficient (Wildman–Crippen LogP) is 3.08. The first-order valence-corrected chi connectivity index (χ1v) is 7.21. The van der Waals surface area contributed by atoms with Crippen molar-refractivity contribution < 1.29 is 14.7 Å². The van der Waals surface area contributed by atoms with E-state index in [1.54, 1.807) is 29.8 Å². The average Bonchev–Trinajstić information content (AvgIpc) is 2.41. The smallest absolute Gasteiger partial charge is 0.320 e. The number of amides is 2. The van der Waals surface area contributed by atoms with E-state index in [1.165, 1.54) is 0 Å². The van der Waals surface area contributed by atoms with E-state index in [2.05, 4.69) is 0 Å². The maximum atomic E-state index is 12.4. The molecule has 0 heterocycles. The molecule has 0 aromatic heterocycles. The number of nitrogens with zero attached hydrogens (tertiary/aromatic N) is 2. The van der Waals surface area contributed by atoms with Crippen LogP contribution in [0.5, 0.6) is 0 Å². The van der Waals surface area contributed by atoms with E-state index >= 15 is 0 Å². The van der Waals surface area contributed by atoms with E-state index in [9.17, 15) is 9.59 Å². The monoisotopic (exact) mass is 312 g/mol. The summed E-state index contributed by atoms with van der Waals surface area (Å²) in [6, 6.07) is 6.79. The molecule has 116 valence electrons. The van der Waals surface area contributed by atoms with Gasteiger partial charge in [-0.05, 0) is 25.5 Å². The van der Waals surface area contributed by atoms with E-state index in [4.69, 9.17) is 16.7 Å². The highest BCUT2D eigenvalue weighted by molar-refractivity contribution is 6.31. The largest absolute Gasteiger partial charge is 0.481 e. The zero-order chi connectivity index (χ0) is 16.0. The fourth-order valence-corrected chi connectivity index (χ4v) is 2.36. The second-order valence-electron chi connectivity index (χ2n) is 4.96. The van der Waals surface area contributed by atoms with Gasteiger partial charge < -0.3 is 14.9 Å². The summed E-state index contributed by atoms with van der Waals surface area (Å²) in [5, 5.41) is 9.46. The molecule has 0 aliphatic heterocycles. The number of hydrogen-bond donors (Lipinski definition) is 1. The minimum Gasteiger partial charge on any atom is -0.481 e. The Bertz CT molecular complexity index is 507.